The molecule has 0 saturated carbocycles. The van der Waals surface area contributed by atoms with Crippen molar-refractivity contribution < 1.29 is 9.53 Å². The second-order valence-electron chi connectivity index (χ2n) is 5.11. The van der Waals surface area contributed by atoms with Gasteiger partial charge in [-0.1, -0.05) is 25.0 Å². The van der Waals surface area contributed by atoms with Crippen LogP contribution in [0.15, 0.2) is 24.3 Å². The van der Waals surface area contributed by atoms with Crippen LogP contribution in [-0.4, -0.2) is 30.5 Å². The second-order valence-corrected chi connectivity index (χ2v) is 5.54. The Morgan fingerprint density at radius 1 is 1.30 bits per heavy atom. The van der Waals surface area contributed by atoms with Crippen molar-refractivity contribution in [3.63, 3.8) is 0 Å². The highest BCUT2D eigenvalue weighted by Crippen LogP contribution is 2.27. The zero-order valence-corrected chi connectivity index (χ0v) is 12.7. The van der Waals surface area contributed by atoms with Crippen LogP contribution >= 0.6 is 11.6 Å². The fourth-order valence-corrected chi connectivity index (χ4v) is 2.80. The molecule has 0 spiro atoms. The van der Waals surface area contributed by atoms with Gasteiger partial charge in [0, 0.05) is 13.1 Å². The van der Waals surface area contributed by atoms with Gasteiger partial charge in [0.05, 0.1) is 6.61 Å². The van der Waals surface area contributed by atoms with Gasteiger partial charge in [0.2, 0.25) is 5.91 Å². The Balaban J connectivity index is 2.06. The van der Waals surface area contributed by atoms with Crippen LogP contribution < -0.4 is 4.74 Å². The van der Waals surface area contributed by atoms with Crippen molar-refractivity contribution in [3.05, 3.63) is 29.8 Å². The highest BCUT2D eigenvalue weighted by atomic mass is 35.5. The molecule has 1 aliphatic heterocycles. The van der Waals surface area contributed by atoms with E-state index in [1.807, 2.05) is 36.1 Å². The highest BCUT2D eigenvalue weighted by Gasteiger charge is 2.24. The molecule has 0 radical (unpaired) electrons. The molecule has 1 aromatic carbocycles. The third-order valence-corrected chi connectivity index (χ3v) is 4.03. The Bertz CT molecular complexity index is 442. The minimum atomic E-state index is -0.617. The lowest BCUT2D eigenvalue weighted by Crippen LogP contribution is -2.34. The summed E-state index contributed by atoms with van der Waals surface area (Å²) in [6, 6.07) is 7.51. The van der Waals surface area contributed by atoms with E-state index in [2.05, 4.69) is 0 Å². The molecule has 0 bridgehead atoms. The van der Waals surface area contributed by atoms with Gasteiger partial charge in [0.1, 0.15) is 11.1 Å². The van der Waals surface area contributed by atoms with Crippen LogP contribution in [0.4, 0.5) is 0 Å². The molecular formula is C16H22ClNO2. The SMILES string of the molecule is CCOc1cccc(C(Cl)C(=O)N2CCCCCC2)c1. The van der Waals surface area contributed by atoms with Crippen molar-refractivity contribution >= 4 is 17.5 Å². The molecule has 1 amide bonds. The zero-order valence-electron chi connectivity index (χ0n) is 12.0. The molecule has 1 fully saturated rings. The number of hydrogen-bond acceptors (Lipinski definition) is 2. The zero-order chi connectivity index (χ0) is 14.4. The second kappa shape index (κ2) is 7.53. The first-order valence-corrected chi connectivity index (χ1v) is 7.81. The first-order valence-electron chi connectivity index (χ1n) is 7.38. The van der Waals surface area contributed by atoms with Crippen molar-refractivity contribution in [1.29, 1.82) is 0 Å². The maximum Gasteiger partial charge on any atom is 0.245 e. The molecule has 1 saturated heterocycles. The third-order valence-electron chi connectivity index (χ3n) is 3.60. The summed E-state index contributed by atoms with van der Waals surface area (Å²) in [5, 5.41) is -0.617. The average Bonchev–Trinajstić information content (AvgIpc) is 2.75. The largest absolute Gasteiger partial charge is 0.494 e. The van der Waals surface area contributed by atoms with Gasteiger partial charge >= 0.3 is 0 Å². The van der Waals surface area contributed by atoms with Gasteiger partial charge in [0.25, 0.3) is 0 Å². The van der Waals surface area contributed by atoms with E-state index in [1.54, 1.807) is 0 Å². The number of likely N-dealkylation sites (tertiary alicyclic amines) is 1. The average molecular weight is 296 g/mol. The van der Waals surface area contributed by atoms with Crippen molar-refractivity contribution in [2.75, 3.05) is 19.7 Å². The lowest BCUT2D eigenvalue weighted by molar-refractivity contribution is -0.130. The normalized spacial score (nSPS) is 17.4. The van der Waals surface area contributed by atoms with Gasteiger partial charge < -0.3 is 9.64 Å². The lowest BCUT2D eigenvalue weighted by atomic mass is 10.1. The van der Waals surface area contributed by atoms with Crippen molar-refractivity contribution in [2.45, 2.75) is 38.0 Å². The Kier molecular flexibility index (Phi) is 5.72. The van der Waals surface area contributed by atoms with E-state index in [9.17, 15) is 4.79 Å². The Labute approximate surface area is 125 Å². The monoisotopic (exact) mass is 295 g/mol. The van der Waals surface area contributed by atoms with Crippen LogP contribution in [0.1, 0.15) is 43.5 Å². The molecular weight excluding hydrogens is 274 g/mol. The summed E-state index contributed by atoms with van der Waals surface area (Å²) in [6.45, 7) is 4.20. The van der Waals surface area contributed by atoms with E-state index in [0.717, 1.165) is 37.2 Å². The standard InChI is InChI=1S/C16H22ClNO2/c1-2-20-14-9-7-8-13(12-14)15(17)16(19)18-10-5-3-4-6-11-18/h7-9,12,15H,2-6,10-11H2,1H3. The predicted octanol–water partition coefficient (Wildman–Crippen LogP) is 3.77. The van der Waals surface area contributed by atoms with Gasteiger partial charge in [-0.15, -0.1) is 11.6 Å². The number of carbonyl (C=O) groups is 1. The lowest BCUT2D eigenvalue weighted by Gasteiger charge is -2.23. The number of ether oxygens (including phenoxy) is 1. The molecule has 110 valence electrons. The summed E-state index contributed by atoms with van der Waals surface area (Å²) in [4.78, 5) is 14.4. The molecule has 1 atom stereocenters. The molecule has 1 aliphatic rings. The predicted molar refractivity (Wildman–Crippen MR) is 81.3 cm³/mol. The Morgan fingerprint density at radius 3 is 2.65 bits per heavy atom. The van der Waals surface area contributed by atoms with E-state index >= 15 is 0 Å². The first kappa shape index (κ1) is 15.2. The van der Waals surface area contributed by atoms with Crippen LogP contribution in [0.5, 0.6) is 5.75 Å². The topological polar surface area (TPSA) is 29.5 Å². The van der Waals surface area contributed by atoms with Gasteiger partial charge in [-0.05, 0) is 37.5 Å². The molecule has 3 nitrogen and oxygen atoms in total. The molecule has 0 aliphatic carbocycles. The maximum atomic E-state index is 12.5. The summed E-state index contributed by atoms with van der Waals surface area (Å²) < 4.78 is 5.46. The molecule has 0 aromatic heterocycles. The molecule has 1 aromatic rings. The van der Waals surface area contributed by atoms with E-state index in [-0.39, 0.29) is 5.91 Å². The summed E-state index contributed by atoms with van der Waals surface area (Å²) in [7, 11) is 0. The number of rotatable bonds is 4. The molecule has 2 rings (SSSR count). The fraction of sp³-hybridized carbons (Fsp3) is 0.562. The number of alkyl halides is 1. The van der Waals surface area contributed by atoms with E-state index < -0.39 is 5.38 Å². The maximum absolute atomic E-state index is 12.5. The number of nitrogens with zero attached hydrogens (tertiary/aromatic N) is 1. The van der Waals surface area contributed by atoms with E-state index in [0.29, 0.717) is 6.61 Å². The van der Waals surface area contributed by atoms with Crippen molar-refractivity contribution in [3.8, 4) is 5.75 Å². The number of halogens is 1. The summed E-state index contributed by atoms with van der Waals surface area (Å²) >= 11 is 6.37. The molecule has 1 heterocycles. The quantitative estimate of drug-likeness (QED) is 0.791. The van der Waals surface area contributed by atoms with Gasteiger partial charge in [0.15, 0.2) is 0 Å². The van der Waals surface area contributed by atoms with Gasteiger partial charge in [-0.2, -0.15) is 0 Å². The number of amides is 1. The van der Waals surface area contributed by atoms with Crippen LogP contribution in [0.25, 0.3) is 0 Å². The minimum Gasteiger partial charge on any atom is -0.494 e. The molecule has 20 heavy (non-hydrogen) atoms. The van der Waals surface area contributed by atoms with E-state index in [4.69, 9.17) is 16.3 Å². The summed E-state index contributed by atoms with van der Waals surface area (Å²) in [5.74, 6) is 0.779. The number of hydrogen-bond donors (Lipinski definition) is 0. The Hall–Kier alpha value is -1.22. The molecule has 1 unspecified atom stereocenters. The van der Waals surface area contributed by atoms with Crippen LogP contribution in [0, 0.1) is 0 Å². The summed E-state index contributed by atoms with van der Waals surface area (Å²) in [5.41, 5.74) is 0.812. The first-order chi connectivity index (χ1) is 9.72. The summed E-state index contributed by atoms with van der Waals surface area (Å²) in [6.07, 6.45) is 4.57. The van der Waals surface area contributed by atoms with Crippen molar-refractivity contribution in [1.82, 2.24) is 4.90 Å². The van der Waals surface area contributed by atoms with Gasteiger partial charge in [-0.3, -0.25) is 4.79 Å². The van der Waals surface area contributed by atoms with Crippen LogP contribution in [-0.2, 0) is 4.79 Å². The van der Waals surface area contributed by atoms with E-state index in [1.165, 1.54) is 12.8 Å². The number of benzene rings is 1. The van der Waals surface area contributed by atoms with Gasteiger partial charge in [-0.25, -0.2) is 0 Å². The number of carbonyl (C=O) groups excluding carboxylic acids is 1. The fourth-order valence-electron chi connectivity index (χ4n) is 2.52. The Morgan fingerprint density at radius 2 is 2.00 bits per heavy atom. The third kappa shape index (κ3) is 3.89. The highest BCUT2D eigenvalue weighted by molar-refractivity contribution is 6.30. The van der Waals surface area contributed by atoms with Crippen LogP contribution in [0.3, 0.4) is 0 Å². The van der Waals surface area contributed by atoms with Crippen LogP contribution in [0.2, 0.25) is 0 Å². The minimum absolute atomic E-state index is 0.0159. The van der Waals surface area contributed by atoms with Crippen molar-refractivity contribution in [2.24, 2.45) is 0 Å². The smallest absolute Gasteiger partial charge is 0.245 e. The molecule has 4 heteroatoms. The molecule has 0 N–H and O–H groups in total.